The molecule has 0 aromatic heterocycles. The van der Waals surface area contributed by atoms with Crippen LogP contribution >= 0.6 is 0 Å². The molecule has 4 rings (SSSR count). The Kier molecular flexibility index (Phi) is 23.8. The standard InChI is InChI=1S/C77H108O12.CH4/c1-45(29-49-33-53(69(5,6)7)61(78)54(34-49)70(8,9)10)65(82)86-41-77(42-87-66(83)46(2)30-50-35-55(71(11,12)13)62(79)56(36-50)72(14,15)16,43-88-67(84)47(3)31-51-37-57(73(17,18)19)63(80)58(38-51)74(20,21)22)44-89-68(85)48(4)32-52-39-59(75(23,24)25)64(81)60(40-52)76(26,27)28;/h33-40,78-81H,1-4,29-32,41-44H2,5-28H3;1H4. The number of hydrogen-bond donors (Lipinski definition) is 4. The van der Waals surface area contributed by atoms with E-state index in [1.807, 2.05) is 215 Å². The molecule has 0 radical (unpaired) electrons. The van der Waals surface area contributed by atoms with Crippen LogP contribution in [0.3, 0.4) is 0 Å². The second kappa shape index (κ2) is 27.8. The number of phenolic OH excluding ortho intramolecular Hbond substituents is 4. The smallest absolute Gasteiger partial charge is 0.333 e. The maximum absolute atomic E-state index is 14.4. The van der Waals surface area contributed by atoms with Crippen molar-refractivity contribution in [2.75, 3.05) is 26.4 Å². The summed E-state index contributed by atoms with van der Waals surface area (Å²) in [6.07, 6.45) is 0.103. The number of benzene rings is 4. The minimum atomic E-state index is -1.80. The molecule has 0 bridgehead atoms. The van der Waals surface area contributed by atoms with E-state index in [1.54, 1.807) is 0 Å². The monoisotopic (exact) mass is 1240 g/mol. The van der Waals surface area contributed by atoms with Crippen molar-refractivity contribution < 1.29 is 58.6 Å². The fraction of sp³-hybridized carbons (Fsp3) is 0.538. The van der Waals surface area contributed by atoms with E-state index in [-0.39, 0.29) is 78.4 Å². The van der Waals surface area contributed by atoms with E-state index >= 15 is 0 Å². The molecular formula is C78H112O12. The molecule has 90 heavy (non-hydrogen) atoms. The number of hydrogen-bond acceptors (Lipinski definition) is 12. The first-order chi connectivity index (χ1) is 40.1. The van der Waals surface area contributed by atoms with Gasteiger partial charge in [0.15, 0.2) is 0 Å². The third-order valence-corrected chi connectivity index (χ3v) is 16.0. The Morgan fingerprint density at radius 2 is 0.411 bits per heavy atom. The number of phenols is 4. The van der Waals surface area contributed by atoms with E-state index in [2.05, 4.69) is 26.3 Å². The minimum absolute atomic E-state index is 0. The molecule has 0 saturated carbocycles. The highest BCUT2D eigenvalue weighted by Gasteiger charge is 2.40. The molecule has 0 unspecified atom stereocenters. The number of aromatic hydroxyl groups is 4. The van der Waals surface area contributed by atoms with Crippen molar-refractivity contribution >= 4 is 23.9 Å². The molecule has 12 heteroatoms. The average molecular weight is 1240 g/mol. The molecule has 0 spiro atoms. The summed E-state index contributed by atoms with van der Waals surface area (Å²) in [6.45, 7) is 61.8. The zero-order chi connectivity index (χ0) is 68.5. The van der Waals surface area contributed by atoms with E-state index in [0.717, 1.165) is 0 Å². The molecule has 0 fully saturated rings. The van der Waals surface area contributed by atoms with Gasteiger partial charge in [-0.05, 0) is 110 Å². The Bertz CT molecular complexity index is 2790. The van der Waals surface area contributed by atoms with Crippen LogP contribution < -0.4 is 0 Å². The summed E-state index contributed by atoms with van der Waals surface area (Å²) >= 11 is 0. The molecule has 0 aliphatic carbocycles. The van der Waals surface area contributed by atoms with E-state index in [9.17, 15) is 39.6 Å². The van der Waals surface area contributed by atoms with Crippen LogP contribution in [0.1, 0.15) is 240 Å². The van der Waals surface area contributed by atoms with Gasteiger partial charge < -0.3 is 39.4 Å². The number of ether oxygens (including phenoxy) is 4. The van der Waals surface area contributed by atoms with Gasteiger partial charge in [0.1, 0.15) is 54.8 Å². The van der Waals surface area contributed by atoms with E-state index in [1.165, 1.54) is 0 Å². The number of esters is 4. The third-order valence-electron chi connectivity index (χ3n) is 16.0. The number of carbonyl (C=O) groups is 4. The van der Waals surface area contributed by atoms with E-state index < -0.39 is 99.0 Å². The maximum Gasteiger partial charge on any atom is 0.333 e. The van der Waals surface area contributed by atoms with Crippen molar-refractivity contribution in [3.63, 3.8) is 0 Å². The van der Waals surface area contributed by atoms with Crippen LogP contribution in [0.2, 0.25) is 0 Å². The summed E-state index contributed by atoms with van der Waals surface area (Å²) in [5.41, 5.74) is 2.97. The highest BCUT2D eigenvalue weighted by atomic mass is 16.6. The summed E-state index contributed by atoms with van der Waals surface area (Å²) in [5.74, 6) is -2.69. The molecule has 496 valence electrons. The van der Waals surface area contributed by atoms with Crippen LogP contribution in [-0.2, 0) is 107 Å². The second-order valence-electron chi connectivity index (χ2n) is 33.1. The van der Waals surface area contributed by atoms with Gasteiger partial charge in [-0.2, -0.15) is 0 Å². The Morgan fingerprint density at radius 3 is 0.522 bits per heavy atom. The summed E-state index contributed by atoms with van der Waals surface area (Å²) in [4.78, 5) is 57.8. The van der Waals surface area contributed by atoms with Crippen LogP contribution in [0, 0.1) is 5.41 Å². The van der Waals surface area contributed by atoms with Gasteiger partial charge in [0.05, 0.1) is 0 Å². The van der Waals surface area contributed by atoms with Crippen LogP contribution in [0.15, 0.2) is 97.1 Å². The lowest BCUT2D eigenvalue weighted by Crippen LogP contribution is -2.44. The fourth-order valence-electron chi connectivity index (χ4n) is 10.6. The minimum Gasteiger partial charge on any atom is -0.507 e. The first-order valence-electron chi connectivity index (χ1n) is 31.0. The molecule has 0 amide bonds. The van der Waals surface area contributed by atoms with Gasteiger partial charge in [-0.1, -0.05) is 248 Å². The molecular weight excluding hydrogens is 1130 g/mol. The lowest BCUT2D eigenvalue weighted by atomic mass is 9.78. The topological polar surface area (TPSA) is 186 Å². The van der Waals surface area contributed by atoms with Gasteiger partial charge in [-0.15, -0.1) is 0 Å². The molecule has 4 N–H and O–H groups in total. The zero-order valence-electron chi connectivity index (χ0n) is 58.7. The van der Waals surface area contributed by atoms with Gasteiger partial charge in [-0.3, -0.25) is 0 Å². The SMILES string of the molecule is C.C=C(Cc1cc(C(C)(C)C)c(O)c(C(C)(C)C)c1)C(=O)OCC(COC(=O)C(=C)Cc1cc(C(C)(C)C)c(O)c(C(C)(C)C)c1)(COC(=O)C(=C)Cc1cc(C(C)(C)C)c(O)c(C(C)(C)C)c1)COC(=O)C(=C)Cc1cc(C(C)(C)C)c(O)c(C(C)(C)C)c1. The summed E-state index contributed by atoms with van der Waals surface area (Å²) in [5, 5.41) is 46.0. The van der Waals surface area contributed by atoms with E-state index in [4.69, 9.17) is 18.9 Å². The summed E-state index contributed by atoms with van der Waals surface area (Å²) in [7, 11) is 0. The molecule has 0 atom stereocenters. The first-order valence-corrected chi connectivity index (χ1v) is 31.0. The van der Waals surface area contributed by atoms with Crippen molar-refractivity contribution in [1.82, 2.24) is 0 Å². The number of carbonyl (C=O) groups excluding carboxylic acids is 4. The van der Waals surface area contributed by atoms with Gasteiger partial charge in [0.2, 0.25) is 0 Å². The summed E-state index contributed by atoms with van der Waals surface area (Å²) in [6, 6.07) is 14.8. The lowest BCUT2D eigenvalue weighted by Gasteiger charge is -2.32. The molecule has 4 aromatic rings. The largest absolute Gasteiger partial charge is 0.507 e. The van der Waals surface area contributed by atoms with Crippen LogP contribution in [0.25, 0.3) is 0 Å². The quantitative estimate of drug-likeness (QED) is 0.0373. The van der Waals surface area contributed by atoms with E-state index in [0.29, 0.717) is 66.8 Å². The predicted molar refractivity (Wildman–Crippen MR) is 366 cm³/mol. The predicted octanol–water partition coefficient (Wildman–Crippen LogP) is 17.2. The average Bonchev–Trinajstić information content (AvgIpc) is 0.814. The highest BCUT2D eigenvalue weighted by Crippen LogP contribution is 2.45. The number of rotatable bonds is 20. The Hall–Kier alpha value is -7.08. The van der Waals surface area contributed by atoms with Crippen molar-refractivity contribution in [1.29, 1.82) is 0 Å². The lowest BCUT2D eigenvalue weighted by molar-refractivity contribution is -0.165. The van der Waals surface area contributed by atoms with Gasteiger partial charge in [0, 0.05) is 48.0 Å². The zero-order valence-corrected chi connectivity index (χ0v) is 58.7. The van der Waals surface area contributed by atoms with Gasteiger partial charge in [-0.25, -0.2) is 19.2 Å². The normalized spacial score (nSPS) is 12.8. The molecule has 0 aliphatic rings. The van der Waals surface area contributed by atoms with Crippen LogP contribution in [0.5, 0.6) is 23.0 Å². The van der Waals surface area contributed by atoms with Gasteiger partial charge in [0.25, 0.3) is 0 Å². The molecule has 0 aliphatic heterocycles. The third kappa shape index (κ3) is 20.0. The maximum atomic E-state index is 14.4. The van der Waals surface area contributed by atoms with Crippen molar-refractivity contribution in [2.45, 2.75) is 243 Å². The van der Waals surface area contributed by atoms with Crippen LogP contribution in [-0.4, -0.2) is 70.7 Å². The van der Waals surface area contributed by atoms with Crippen molar-refractivity contribution in [3.05, 3.63) is 164 Å². The molecule has 12 nitrogen and oxygen atoms in total. The molecule has 0 heterocycles. The summed E-state index contributed by atoms with van der Waals surface area (Å²) < 4.78 is 24.5. The van der Waals surface area contributed by atoms with Crippen LogP contribution in [0.4, 0.5) is 0 Å². The Labute approximate surface area is 541 Å². The first kappa shape index (κ1) is 77.2. The van der Waals surface area contributed by atoms with Gasteiger partial charge >= 0.3 is 23.9 Å². The Balaban J connectivity index is 0.0000212. The highest BCUT2D eigenvalue weighted by molar-refractivity contribution is 5.90. The van der Waals surface area contributed by atoms with Crippen molar-refractivity contribution in [2.24, 2.45) is 5.41 Å². The Morgan fingerprint density at radius 1 is 0.289 bits per heavy atom. The van der Waals surface area contributed by atoms with Crippen molar-refractivity contribution in [3.8, 4) is 23.0 Å². The second-order valence-corrected chi connectivity index (χ2v) is 33.1. The molecule has 4 aromatic carbocycles. The fourth-order valence-corrected chi connectivity index (χ4v) is 10.6. The molecule has 0 saturated heterocycles.